The fourth-order valence-corrected chi connectivity index (χ4v) is 3.13. The van der Waals surface area contributed by atoms with Crippen molar-refractivity contribution in [2.24, 2.45) is 5.92 Å². The molecule has 2 heterocycles. The van der Waals surface area contributed by atoms with Crippen LogP contribution in [0.4, 0.5) is 15.8 Å². The number of carbonyl (C=O) groups is 2. The summed E-state index contributed by atoms with van der Waals surface area (Å²) in [7, 11) is 0. The average molecular weight is 356 g/mol. The van der Waals surface area contributed by atoms with Crippen LogP contribution < -0.4 is 19.7 Å². The van der Waals surface area contributed by atoms with E-state index in [9.17, 15) is 14.0 Å². The molecule has 0 spiro atoms. The second-order valence-electron chi connectivity index (χ2n) is 6.20. The van der Waals surface area contributed by atoms with E-state index in [2.05, 4.69) is 5.32 Å². The number of rotatable bonds is 3. The average Bonchev–Trinajstić information content (AvgIpc) is 3.05. The molecule has 7 heteroatoms. The van der Waals surface area contributed by atoms with E-state index >= 15 is 0 Å². The minimum absolute atomic E-state index is 0.0781. The van der Waals surface area contributed by atoms with E-state index in [0.29, 0.717) is 30.4 Å². The van der Waals surface area contributed by atoms with E-state index in [0.717, 1.165) is 0 Å². The first-order valence-corrected chi connectivity index (χ1v) is 8.37. The summed E-state index contributed by atoms with van der Waals surface area (Å²) in [5, 5.41) is 2.56. The molecule has 0 bridgehead atoms. The van der Waals surface area contributed by atoms with Gasteiger partial charge in [-0.05, 0) is 24.3 Å². The zero-order valence-corrected chi connectivity index (χ0v) is 13.9. The van der Waals surface area contributed by atoms with Crippen molar-refractivity contribution in [3.05, 3.63) is 48.3 Å². The van der Waals surface area contributed by atoms with Crippen molar-refractivity contribution in [3.8, 4) is 11.5 Å². The number of halogens is 1. The van der Waals surface area contributed by atoms with Gasteiger partial charge in [-0.1, -0.05) is 12.1 Å². The van der Waals surface area contributed by atoms with Crippen molar-refractivity contribution in [1.29, 1.82) is 0 Å². The van der Waals surface area contributed by atoms with Crippen molar-refractivity contribution in [3.63, 3.8) is 0 Å². The van der Waals surface area contributed by atoms with Gasteiger partial charge in [-0.25, -0.2) is 4.39 Å². The Labute approximate surface area is 149 Å². The van der Waals surface area contributed by atoms with Crippen LogP contribution in [-0.2, 0) is 9.59 Å². The highest BCUT2D eigenvalue weighted by Crippen LogP contribution is 2.36. The number of anilines is 2. The zero-order valence-electron chi connectivity index (χ0n) is 13.9. The molecule has 1 fully saturated rings. The van der Waals surface area contributed by atoms with E-state index < -0.39 is 11.7 Å². The van der Waals surface area contributed by atoms with Gasteiger partial charge in [0.15, 0.2) is 11.5 Å². The van der Waals surface area contributed by atoms with Crippen LogP contribution in [0.15, 0.2) is 42.5 Å². The van der Waals surface area contributed by atoms with Crippen LogP contribution in [0.2, 0.25) is 0 Å². The molecule has 0 radical (unpaired) electrons. The number of hydrogen-bond donors (Lipinski definition) is 1. The SMILES string of the molecule is O=C(Nc1ccccc1F)[C@@H]1CC(=O)N(c2ccc3c(c2)OCCO3)C1. The standard InChI is InChI=1S/C19H17FN2O4/c20-14-3-1-2-4-15(14)21-19(24)12-9-18(23)22(11-12)13-5-6-16-17(10-13)26-8-7-25-16/h1-6,10,12H,7-9,11H2,(H,21,24)/t12-/m1/s1. The molecule has 0 unspecified atom stereocenters. The Morgan fingerprint density at radius 1 is 1.12 bits per heavy atom. The van der Waals surface area contributed by atoms with Gasteiger partial charge in [-0.2, -0.15) is 0 Å². The maximum Gasteiger partial charge on any atom is 0.229 e. The fraction of sp³-hybridized carbons (Fsp3) is 0.263. The highest BCUT2D eigenvalue weighted by molar-refractivity contribution is 6.03. The number of carbonyl (C=O) groups excluding carboxylic acids is 2. The maximum absolute atomic E-state index is 13.7. The monoisotopic (exact) mass is 356 g/mol. The summed E-state index contributed by atoms with van der Waals surface area (Å²) in [6.45, 7) is 1.18. The molecule has 0 saturated carbocycles. The maximum atomic E-state index is 13.7. The van der Waals surface area contributed by atoms with Crippen LogP contribution in [0.25, 0.3) is 0 Å². The number of fused-ring (bicyclic) bond motifs is 1. The van der Waals surface area contributed by atoms with Gasteiger partial charge in [0, 0.05) is 24.7 Å². The summed E-state index contributed by atoms with van der Waals surface area (Å²) >= 11 is 0. The van der Waals surface area contributed by atoms with Gasteiger partial charge < -0.3 is 19.7 Å². The Morgan fingerprint density at radius 3 is 2.69 bits per heavy atom. The third-order valence-corrected chi connectivity index (χ3v) is 4.46. The molecule has 2 aromatic rings. The predicted molar refractivity (Wildman–Crippen MR) is 92.9 cm³/mol. The van der Waals surface area contributed by atoms with Crippen LogP contribution in [-0.4, -0.2) is 31.6 Å². The zero-order chi connectivity index (χ0) is 18.1. The minimum Gasteiger partial charge on any atom is -0.486 e. The van der Waals surface area contributed by atoms with Crippen molar-refractivity contribution in [1.82, 2.24) is 0 Å². The summed E-state index contributed by atoms with van der Waals surface area (Å²) in [4.78, 5) is 26.3. The smallest absolute Gasteiger partial charge is 0.229 e. The molecule has 1 saturated heterocycles. The van der Waals surface area contributed by atoms with Crippen LogP contribution >= 0.6 is 0 Å². The van der Waals surface area contributed by atoms with E-state index in [1.807, 2.05) is 0 Å². The van der Waals surface area contributed by atoms with Crippen LogP contribution in [0.1, 0.15) is 6.42 Å². The largest absolute Gasteiger partial charge is 0.486 e. The molecule has 2 aromatic carbocycles. The van der Waals surface area contributed by atoms with E-state index in [1.54, 1.807) is 35.2 Å². The van der Waals surface area contributed by atoms with Gasteiger partial charge in [-0.15, -0.1) is 0 Å². The number of hydrogen-bond acceptors (Lipinski definition) is 4. The second kappa shape index (κ2) is 6.67. The number of amides is 2. The summed E-state index contributed by atoms with van der Waals surface area (Å²) in [5.41, 5.74) is 0.767. The molecule has 0 aromatic heterocycles. The van der Waals surface area contributed by atoms with Crippen molar-refractivity contribution < 1.29 is 23.5 Å². The molecule has 1 atom stereocenters. The second-order valence-corrected chi connectivity index (χ2v) is 6.20. The Kier molecular flexibility index (Phi) is 4.20. The Hall–Kier alpha value is -3.09. The molecule has 1 N–H and O–H groups in total. The van der Waals surface area contributed by atoms with Gasteiger partial charge in [0.2, 0.25) is 11.8 Å². The van der Waals surface area contributed by atoms with E-state index in [4.69, 9.17) is 9.47 Å². The third-order valence-electron chi connectivity index (χ3n) is 4.46. The van der Waals surface area contributed by atoms with Gasteiger partial charge in [0.05, 0.1) is 11.6 Å². The lowest BCUT2D eigenvalue weighted by Crippen LogP contribution is -2.28. The minimum atomic E-state index is -0.546. The number of ether oxygens (including phenoxy) is 2. The van der Waals surface area contributed by atoms with E-state index in [1.165, 1.54) is 12.1 Å². The Bertz CT molecular complexity index is 870. The molecule has 2 aliphatic heterocycles. The Morgan fingerprint density at radius 2 is 1.88 bits per heavy atom. The number of nitrogens with one attached hydrogen (secondary N) is 1. The van der Waals surface area contributed by atoms with Gasteiger partial charge in [0.1, 0.15) is 19.0 Å². The van der Waals surface area contributed by atoms with Gasteiger partial charge in [-0.3, -0.25) is 9.59 Å². The topological polar surface area (TPSA) is 67.9 Å². The Balaban J connectivity index is 1.48. The summed E-state index contributed by atoms with van der Waals surface area (Å²) in [6, 6.07) is 11.2. The molecular formula is C19H17FN2O4. The molecule has 2 aliphatic rings. The van der Waals surface area contributed by atoms with E-state index in [-0.39, 0.29) is 30.5 Å². The van der Waals surface area contributed by atoms with Crippen LogP contribution in [0.5, 0.6) is 11.5 Å². The van der Waals surface area contributed by atoms with Crippen molar-refractivity contribution >= 4 is 23.2 Å². The van der Waals surface area contributed by atoms with Gasteiger partial charge >= 0.3 is 0 Å². The van der Waals surface area contributed by atoms with Crippen molar-refractivity contribution in [2.45, 2.75) is 6.42 Å². The molecule has 4 rings (SSSR count). The lowest BCUT2D eigenvalue weighted by atomic mass is 10.1. The van der Waals surface area contributed by atoms with Crippen molar-refractivity contribution in [2.75, 3.05) is 30.0 Å². The molecule has 134 valence electrons. The highest BCUT2D eigenvalue weighted by Gasteiger charge is 2.35. The highest BCUT2D eigenvalue weighted by atomic mass is 19.1. The van der Waals surface area contributed by atoms with Gasteiger partial charge in [0.25, 0.3) is 0 Å². The third kappa shape index (κ3) is 3.08. The first-order valence-electron chi connectivity index (χ1n) is 8.37. The van der Waals surface area contributed by atoms with Crippen LogP contribution in [0.3, 0.4) is 0 Å². The predicted octanol–water partition coefficient (Wildman–Crippen LogP) is 2.59. The summed E-state index contributed by atoms with van der Waals surface area (Å²) in [5.74, 6) is -0.357. The van der Waals surface area contributed by atoms with Crippen LogP contribution in [0, 0.1) is 11.7 Å². The molecule has 2 amide bonds. The first kappa shape index (κ1) is 16.4. The molecule has 26 heavy (non-hydrogen) atoms. The fourth-order valence-electron chi connectivity index (χ4n) is 3.13. The number of benzene rings is 2. The normalized spacial score (nSPS) is 18.7. The molecule has 6 nitrogen and oxygen atoms in total. The first-order chi connectivity index (χ1) is 12.6. The number of nitrogens with zero attached hydrogens (tertiary/aromatic N) is 1. The summed E-state index contributed by atoms with van der Waals surface area (Å²) < 4.78 is 24.7. The summed E-state index contributed by atoms with van der Waals surface area (Å²) in [6.07, 6.45) is 0.0781. The lowest BCUT2D eigenvalue weighted by Gasteiger charge is -2.22. The molecule has 0 aliphatic carbocycles. The lowest BCUT2D eigenvalue weighted by molar-refractivity contribution is -0.122. The molecular weight excluding hydrogens is 339 g/mol. The quantitative estimate of drug-likeness (QED) is 0.918. The number of para-hydroxylation sites is 1.